The molecule has 1 amide bonds. The minimum atomic E-state index is -1.15. The number of ketones is 1. The van der Waals surface area contributed by atoms with Crippen molar-refractivity contribution in [3.05, 3.63) is 0 Å². The first-order valence-corrected chi connectivity index (χ1v) is 13.3. The molecule has 0 aromatic heterocycles. The highest BCUT2D eigenvalue weighted by molar-refractivity contribution is 6.76. The average molecular weight is 402 g/mol. The monoisotopic (exact) mass is 401 g/mol. The number of esters is 1. The summed E-state index contributed by atoms with van der Waals surface area (Å²) in [6.07, 6.45) is 2.13. The summed E-state index contributed by atoms with van der Waals surface area (Å²) >= 11 is 0. The van der Waals surface area contributed by atoms with Crippen LogP contribution >= 0.6 is 0 Å². The standard InChI is InChI=1S/C19H35NO6Si/c1-19(2,13-26-14-25-11-12-27(4,5)6)16(21)17(22)20-10-8-7-9-15(20)18(23)24-3/h15H,7-14H2,1-6H3/t15-/m0/s1. The molecule has 1 heterocycles. The lowest BCUT2D eigenvalue weighted by Crippen LogP contribution is -2.53. The summed E-state index contributed by atoms with van der Waals surface area (Å²) in [5.41, 5.74) is -0.989. The maximum Gasteiger partial charge on any atom is 0.328 e. The van der Waals surface area contributed by atoms with Gasteiger partial charge in [0.05, 0.1) is 19.1 Å². The second-order valence-electron chi connectivity index (χ2n) is 8.93. The lowest BCUT2D eigenvalue weighted by Gasteiger charge is -2.35. The van der Waals surface area contributed by atoms with E-state index >= 15 is 0 Å². The fourth-order valence-corrected chi connectivity index (χ4v) is 3.59. The summed E-state index contributed by atoms with van der Waals surface area (Å²) < 4.78 is 15.7. The van der Waals surface area contributed by atoms with E-state index in [9.17, 15) is 14.4 Å². The summed E-state index contributed by atoms with van der Waals surface area (Å²) in [4.78, 5) is 38.7. The predicted molar refractivity (Wildman–Crippen MR) is 105 cm³/mol. The van der Waals surface area contributed by atoms with E-state index in [-0.39, 0.29) is 13.4 Å². The number of piperidine rings is 1. The van der Waals surface area contributed by atoms with Crippen molar-refractivity contribution < 1.29 is 28.6 Å². The number of hydrogen-bond acceptors (Lipinski definition) is 6. The molecular weight excluding hydrogens is 366 g/mol. The van der Waals surface area contributed by atoms with Gasteiger partial charge in [-0.15, -0.1) is 0 Å². The van der Waals surface area contributed by atoms with Crippen LogP contribution in [-0.4, -0.2) is 70.3 Å². The van der Waals surface area contributed by atoms with Crippen molar-refractivity contribution in [2.45, 2.75) is 64.8 Å². The number of Topliss-reactive ketones (excluding diaryl/α,β-unsaturated/α-hetero) is 1. The number of rotatable bonds is 10. The van der Waals surface area contributed by atoms with Crippen molar-refractivity contribution in [3.63, 3.8) is 0 Å². The Hall–Kier alpha value is -1.25. The van der Waals surface area contributed by atoms with Crippen LogP contribution in [0.5, 0.6) is 0 Å². The normalized spacial score (nSPS) is 18.3. The van der Waals surface area contributed by atoms with Gasteiger partial charge >= 0.3 is 5.97 Å². The van der Waals surface area contributed by atoms with Crippen LogP contribution < -0.4 is 0 Å². The van der Waals surface area contributed by atoms with Gasteiger partial charge < -0.3 is 19.1 Å². The zero-order valence-electron chi connectivity index (χ0n) is 17.6. The second-order valence-corrected chi connectivity index (χ2v) is 14.6. The first-order chi connectivity index (χ1) is 12.5. The van der Waals surface area contributed by atoms with Crippen molar-refractivity contribution in [1.29, 1.82) is 0 Å². The Morgan fingerprint density at radius 1 is 1.11 bits per heavy atom. The Bertz CT molecular complexity index is 529. The van der Waals surface area contributed by atoms with Gasteiger partial charge in [0.25, 0.3) is 5.91 Å². The van der Waals surface area contributed by atoms with Crippen LogP contribution in [0.4, 0.5) is 0 Å². The van der Waals surface area contributed by atoms with Crippen LogP contribution in [0, 0.1) is 5.41 Å². The van der Waals surface area contributed by atoms with Crippen molar-refractivity contribution in [2.75, 3.05) is 33.7 Å². The number of hydrogen-bond donors (Lipinski definition) is 0. The van der Waals surface area contributed by atoms with Gasteiger partial charge in [0.1, 0.15) is 12.8 Å². The zero-order chi connectivity index (χ0) is 20.7. The third kappa shape index (κ3) is 7.71. The van der Waals surface area contributed by atoms with Crippen LogP contribution in [0.2, 0.25) is 25.7 Å². The molecule has 1 aliphatic heterocycles. The number of ether oxygens (including phenoxy) is 3. The fraction of sp³-hybridized carbons (Fsp3) is 0.842. The smallest absolute Gasteiger partial charge is 0.328 e. The Balaban J connectivity index is 2.54. The number of amides is 1. The van der Waals surface area contributed by atoms with E-state index in [2.05, 4.69) is 19.6 Å². The van der Waals surface area contributed by atoms with Crippen molar-refractivity contribution >= 4 is 25.7 Å². The van der Waals surface area contributed by atoms with E-state index < -0.39 is 37.2 Å². The fourth-order valence-electron chi connectivity index (χ4n) is 2.83. The lowest BCUT2D eigenvalue weighted by atomic mass is 9.87. The highest BCUT2D eigenvalue weighted by Crippen LogP contribution is 2.23. The van der Waals surface area contributed by atoms with Crippen LogP contribution in [0.15, 0.2) is 0 Å². The topological polar surface area (TPSA) is 82.1 Å². The molecule has 0 radical (unpaired) electrons. The summed E-state index contributed by atoms with van der Waals surface area (Å²) in [5, 5.41) is 0. The van der Waals surface area contributed by atoms with E-state index in [4.69, 9.17) is 14.2 Å². The third-order valence-corrected chi connectivity index (χ3v) is 6.38. The number of carbonyl (C=O) groups is 3. The third-order valence-electron chi connectivity index (χ3n) is 4.67. The summed E-state index contributed by atoms with van der Waals surface area (Å²) in [6, 6.07) is 0.364. The Kier molecular flexibility index (Phi) is 9.10. The van der Waals surface area contributed by atoms with Crippen LogP contribution in [0.1, 0.15) is 33.1 Å². The van der Waals surface area contributed by atoms with Crippen LogP contribution in [0.25, 0.3) is 0 Å². The zero-order valence-corrected chi connectivity index (χ0v) is 18.6. The van der Waals surface area contributed by atoms with Crippen molar-refractivity contribution in [2.24, 2.45) is 5.41 Å². The van der Waals surface area contributed by atoms with Gasteiger partial charge in [0.15, 0.2) is 0 Å². The van der Waals surface area contributed by atoms with Crippen LogP contribution in [-0.2, 0) is 28.6 Å². The quantitative estimate of drug-likeness (QED) is 0.184. The lowest BCUT2D eigenvalue weighted by molar-refractivity contribution is -0.161. The highest BCUT2D eigenvalue weighted by Gasteiger charge is 2.41. The van der Waals surface area contributed by atoms with E-state index in [1.54, 1.807) is 13.8 Å². The molecule has 8 heteroatoms. The molecule has 1 atom stereocenters. The molecule has 0 bridgehead atoms. The van der Waals surface area contributed by atoms with E-state index in [1.807, 2.05) is 0 Å². The molecule has 1 rings (SSSR count). The van der Waals surface area contributed by atoms with Gasteiger partial charge in [-0.1, -0.05) is 33.5 Å². The number of likely N-dealkylation sites (tertiary alicyclic amines) is 1. The molecule has 0 aliphatic carbocycles. The molecule has 0 aromatic rings. The van der Waals surface area contributed by atoms with Crippen LogP contribution in [0.3, 0.4) is 0 Å². The molecule has 1 aliphatic rings. The van der Waals surface area contributed by atoms with Crippen molar-refractivity contribution in [3.8, 4) is 0 Å². The molecule has 156 valence electrons. The Morgan fingerprint density at radius 3 is 2.37 bits per heavy atom. The maximum absolute atomic E-state index is 12.7. The van der Waals surface area contributed by atoms with Crippen molar-refractivity contribution in [1.82, 2.24) is 4.90 Å². The molecule has 0 saturated carbocycles. The van der Waals surface area contributed by atoms with Gasteiger partial charge in [-0.25, -0.2) is 4.79 Å². The first-order valence-electron chi connectivity index (χ1n) is 9.58. The van der Waals surface area contributed by atoms with Gasteiger partial charge in [0.2, 0.25) is 5.78 Å². The van der Waals surface area contributed by atoms with E-state index in [1.165, 1.54) is 12.0 Å². The Labute approximate surface area is 163 Å². The molecule has 1 saturated heterocycles. The number of nitrogens with zero attached hydrogens (tertiary/aromatic N) is 1. The number of methoxy groups -OCH3 is 1. The molecule has 0 unspecified atom stereocenters. The molecule has 1 fully saturated rings. The van der Waals surface area contributed by atoms with E-state index in [0.29, 0.717) is 19.6 Å². The highest BCUT2D eigenvalue weighted by atomic mass is 28.3. The largest absolute Gasteiger partial charge is 0.467 e. The maximum atomic E-state index is 12.7. The summed E-state index contributed by atoms with van der Waals surface area (Å²) in [6.45, 7) is 11.4. The minimum absolute atomic E-state index is 0.0846. The number of carbonyl (C=O) groups excluding carboxylic acids is 3. The first kappa shape index (κ1) is 23.8. The SMILES string of the molecule is COC(=O)[C@@H]1CCCCN1C(=O)C(=O)C(C)(C)COCOCC[Si](C)(C)C. The Morgan fingerprint density at radius 2 is 1.78 bits per heavy atom. The summed E-state index contributed by atoms with van der Waals surface area (Å²) in [7, 11) is 0.145. The van der Waals surface area contributed by atoms with Gasteiger partial charge in [-0.3, -0.25) is 9.59 Å². The molecule has 7 nitrogen and oxygen atoms in total. The second kappa shape index (κ2) is 10.3. The van der Waals surface area contributed by atoms with Gasteiger partial charge in [-0.2, -0.15) is 0 Å². The van der Waals surface area contributed by atoms with Gasteiger partial charge in [0, 0.05) is 21.2 Å². The molecule has 0 spiro atoms. The predicted octanol–water partition coefficient (Wildman–Crippen LogP) is 2.46. The molecule has 0 aromatic carbocycles. The van der Waals surface area contributed by atoms with E-state index in [0.717, 1.165) is 18.9 Å². The summed E-state index contributed by atoms with van der Waals surface area (Å²) in [5.74, 6) is -1.67. The average Bonchev–Trinajstić information content (AvgIpc) is 2.61. The molecular formula is C19H35NO6Si. The van der Waals surface area contributed by atoms with Gasteiger partial charge in [-0.05, 0) is 25.3 Å². The minimum Gasteiger partial charge on any atom is -0.467 e. The molecule has 0 N–H and O–H groups in total. The molecule has 27 heavy (non-hydrogen) atoms.